The molecule has 0 saturated heterocycles. The van der Waals surface area contributed by atoms with Gasteiger partial charge in [-0.05, 0) is 30.0 Å². The van der Waals surface area contributed by atoms with Crippen LogP contribution in [0.4, 0.5) is 0 Å². The molecule has 1 atom stereocenters. The van der Waals surface area contributed by atoms with Crippen molar-refractivity contribution in [2.75, 3.05) is 6.61 Å². The minimum absolute atomic E-state index is 0.00709. The summed E-state index contributed by atoms with van der Waals surface area (Å²) in [6.45, 7) is 4.08. The predicted octanol–water partition coefficient (Wildman–Crippen LogP) is 3.83. The Morgan fingerprint density at radius 3 is 2.29 bits per heavy atom. The minimum Gasteiger partial charge on any atom is -0.463 e. The van der Waals surface area contributed by atoms with Crippen LogP contribution in [-0.2, 0) is 17.6 Å². The van der Waals surface area contributed by atoms with E-state index in [-0.39, 0.29) is 11.9 Å². The molecule has 3 rings (SSSR count). The number of carbonyl (C=O) groups is 1. The first-order chi connectivity index (χ1) is 13.6. The van der Waals surface area contributed by atoms with Gasteiger partial charge in [0.1, 0.15) is 0 Å². The zero-order valence-corrected chi connectivity index (χ0v) is 16.3. The van der Waals surface area contributed by atoms with Gasteiger partial charge < -0.3 is 10.1 Å². The minimum atomic E-state index is -0.00709. The first kappa shape index (κ1) is 19.5. The smallest absolute Gasteiger partial charge is 0.316 e. The zero-order chi connectivity index (χ0) is 19.8. The number of hydrogen-bond donors (Lipinski definition) is 1. The SMILES string of the molecule is CC(=O)NC(C)Cc1ccc(-c2cnc(OCCc3ccccc3)nc2)cc1. The molecule has 0 aliphatic heterocycles. The van der Waals surface area contributed by atoms with E-state index >= 15 is 0 Å². The Labute approximate surface area is 165 Å². The molecule has 1 aromatic heterocycles. The summed E-state index contributed by atoms with van der Waals surface area (Å²) in [7, 11) is 0. The van der Waals surface area contributed by atoms with E-state index in [9.17, 15) is 4.79 Å². The number of amides is 1. The molecule has 1 heterocycles. The highest BCUT2D eigenvalue weighted by atomic mass is 16.5. The fourth-order valence-corrected chi connectivity index (χ4v) is 3.03. The van der Waals surface area contributed by atoms with Crippen LogP contribution in [0.3, 0.4) is 0 Å². The van der Waals surface area contributed by atoms with Crippen molar-refractivity contribution < 1.29 is 9.53 Å². The lowest BCUT2D eigenvalue weighted by molar-refractivity contribution is -0.119. The maximum absolute atomic E-state index is 11.1. The van der Waals surface area contributed by atoms with Crippen molar-refractivity contribution in [1.82, 2.24) is 15.3 Å². The van der Waals surface area contributed by atoms with Crippen LogP contribution in [0.15, 0.2) is 67.0 Å². The van der Waals surface area contributed by atoms with E-state index in [1.54, 1.807) is 12.4 Å². The maximum Gasteiger partial charge on any atom is 0.316 e. The highest BCUT2D eigenvalue weighted by Gasteiger charge is 2.06. The Morgan fingerprint density at radius 2 is 1.64 bits per heavy atom. The van der Waals surface area contributed by atoms with Crippen LogP contribution in [0.5, 0.6) is 6.01 Å². The lowest BCUT2D eigenvalue weighted by atomic mass is 10.0. The topological polar surface area (TPSA) is 64.1 Å². The number of carbonyl (C=O) groups excluding carboxylic acids is 1. The highest BCUT2D eigenvalue weighted by Crippen LogP contribution is 2.20. The summed E-state index contributed by atoms with van der Waals surface area (Å²) in [5, 5.41) is 2.90. The Morgan fingerprint density at radius 1 is 0.964 bits per heavy atom. The molecule has 0 aliphatic rings. The predicted molar refractivity (Wildman–Crippen MR) is 110 cm³/mol. The Balaban J connectivity index is 1.53. The molecule has 3 aromatic rings. The van der Waals surface area contributed by atoms with Gasteiger partial charge in [-0.2, -0.15) is 0 Å². The van der Waals surface area contributed by atoms with E-state index in [1.165, 1.54) is 18.1 Å². The fraction of sp³-hybridized carbons (Fsp3) is 0.261. The lowest BCUT2D eigenvalue weighted by Gasteiger charge is -2.12. The number of rotatable bonds is 8. The standard InChI is InChI=1S/C23H25N3O2/c1-17(26-18(2)27)14-20-8-10-21(11-9-20)22-15-24-23(25-16-22)28-13-12-19-6-4-3-5-7-19/h3-11,15-17H,12-14H2,1-2H3,(H,26,27). The van der Waals surface area contributed by atoms with Crippen LogP contribution in [0.1, 0.15) is 25.0 Å². The Bertz CT molecular complexity index is 878. The van der Waals surface area contributed by atoms with E-state index in [4.69, 9.17) is 4.74 Å². The molecule has 0 bridgehead atoms. The number of aromatic nitrogens is 2. The third-order valence-electron chi connectivity index (χ3n) is 4.37. The van der Waals surface area contributed by atoms with Crippen LogP contribution in [0, 0.1) is 0 Å². The average Bonchev–Trinajstić information content (AvgIpc) is 2.69. The molecule has 0 radical (unpaired) electrons. The van der Waals surface area contributed by atoms with E-state index in [2.05, 4.69) is 39.6 Å². The molecule has 144 valence electrons. The van der Waals surface area contributed by atoms with Crippen LogP contribution < -0.4 is 10.1 Å². The summed E-state index contributed by atoms with van der Waals surface area (Å²) < 4.78 is 5.64. The van der Waals surface area contributed by atoms with Gasteiger partial charge in [0.2, 0.25) is 5.91 Å². The third-order valence-corrected chi connectivity index (χ3v) is 4.37. The van der Waals surface area contributed by atoms with E-state index in [0.29, 0.717) is 12.6 Å². The summed E-state index contributed by atoms with van der Waals surface area (Å²) in [5.41, 5.74) is 4.39. The normalized spacial score (nSPS) is 11.6. The molecule has 1 unspecified atom stereocenters. The largest absolute Gasteiger partial charge is 0.463 e. The number of benzene rings is 2. The summed E-state index contributed by atoms with van der Waals surface area (Å²) in [6, 6.07) is 18.9. The van der Waals surface area contributed by atoms with Crippen molar-refractivity contribution in [3.63, 3.8) is 0 Å². The first-order valence-electron chi connectivity index (χ1n) is 9.45. The summed E-state index contributed by atoms with van der Waals surface area (Å²) in [5.74, 6) is -0.00709. The van der Waals surface area contributed by atoms with Gasteiger partial charge in [-0.3, -0.25) is 4.79 Å². The van der Waals surface area contributed by atoms with Crippen molar-refractivity contribution in [3.8, 4) is 17.1 Å². The maximum atomic E-state index is 11.1. The number of hydrogen-bond acceptors (Lipinski definition) is 4. The third kappa shape index (κ3) is 5.91. The van der Waals surface area contributed by atoms with Gasteiger partial charge in [0.25, 0.3) is 0 Å². The molecule has 1 N–H and O–H groups in total. The second-order valence-electron chi connectivity index (χ2n) is 6.84. The first-order valence-corrected chi connectivity index (χ1v) is 9.45. The van der Waals surface area contributed by atoms with E-state index in [1.807, 2.05) is 37.3 Å². The average molecular weight is 375 g/mol. The molecule has 0 fully saturated rings. The summed E-state index contributed by atoms with van der Waals surface area (Å²) in [4.78, 5) is 19.7. The van der Waals surface area contributed by atoms with Crippen LogP contribution in [0.2, 0.25) is 0 Å². The van der Waals surface area contributed by atoms with Gasteiger partial charge in [0.05, 0.1) is 6.61 Å². The molecule has 0 saturated carbocycles. The van der Waals surface area contributed by atoms with Crippen LogP contribution in [0.25, 0.3) is 11.1 Å². The van der Waals surface area contributed by atoms with Gasteiger partial charge in [-0.25, -0.2) is 9.97 Å². The molecule has 2 aromatic carbocycles. The molecule has 28 heavy (non-hydrogen) atoms. The van der Waals surface area contributed by atoms with Crippen LogP contribution in [-0.4, -0.2) is 28.5 Å². The molecular weight excluding hydrogens is 350 g/mol. The summed E-state index contributed by atoms with van der Waals surface area (Å²) in [6.07, 6.45) is 5.18. The van der Waals surface area contributed by atoms with Crippen molar-refractivity contribution in [2.45, 2.75) is 32.7 Å². The van der Waals surface area contributed by atoms with Gasteiger partial charge >= 0.3 is 6.01 Å². The Hall–Kier alpha value is -3.21. The van der Waals surface area contributed by atoms with Gasteiger partial charge in [-0.15, -0.1) is 0 Å². The Kier molecular flexibility index (Phi) is 6.73. The number of nitrogens with one attached hydrogen (secondary N) is 1. The quantitative estimate of drug-likeness (QED) is 0.650. The lowest BCUT2D eigenvalue weighted by Crippen LogP contribution is -2.31. The molecule has 5 heteroatoms. The second-order valence-corrected chi connectivity index (χ2v) is 6.84. The van der Waals surface area contributed by atoms with Crippen molar-refractivity contribution >= 4 is 5.91 Å². The zero-order valence-electron chi connectivity index (χ0n) is 16.3. The van der Waals surface area contributed by atoms with Crippen molar-refractivity contribution in [1.29, 1.82) is 0 Å². The fourth-order valence-electron chi connectivity index (χ4n) is 3.03. The number of nitrogens with zero attached hydrogens (tertiary/aromatic N) is 2. The molecule has 0 spiro atoms. The van der Waals surface area contributed by atoms with Gasteiger partial charge in [0, 0.05) is 37.3 Å². The molecule has 5 nitrogen and oxygen atoms in total. The molecule has 1 amide bonds. The van der Waals surface area contributed by atoms with Gasteiger partial charge in [0.15, 0.2) is 0 Å². The second kappa shape index (κ2) is 9.65. The van der Waals surface area contributed by atoms with E-state index in [0.717, 1.165) is 24.0 Å². The van der Waals surface area contributed by atoms with Crippen molar-refractivity contribution in [3.05, 3.63) is 78.1 Å². The van der Waals surface area contributed by atoms with Crippen molar-refractivity contribution in [2.24, 2.45) is 0 Å². The highest BCUT2D eigenvalue weighted by molar-refractivity contribution is 5.73. The summed E-state index contributed by atoms with van der Waals surface area (Å²) >= 11 is 0. The van der Waals surface area contributed by atoms with Gasteiger partial charge in [-0.1, -0.05) is 54.6 Å². The van der Waals surface area contributed by atoms with Crippen LogP contribution >= 0.6 is 0 Å². The monoisotopic (exact) mass is 375 g/mol. The van der Waals surface area contributed by atoms with E-state index < -0.39 is 0 Å². The number of ether oxygens (including phenoxy) is 1. The molecule has 0 aliphatic carbocycles. The molecular formula is C23H25N3O2.